The number of urea groups is 1. The summed E-state index contributed by atoms with van der Waals surface area (Å²) in [6.07, 6.45) is -4.38. The lowest BCUT2D eigenvalue weighted by atomic mass is 10.0. The summed E-state index contributed by atoms with van der Waals surface area (Å²) in [5, 5.41) is 8.70. The lowest BCUT2D eigenvalue weighted by Crippen LogP contribution is -2.35. The SMILES string of the molecule is Cc1nc(CNC(=O)NCc2ccc(C(F)(F)F)cc2C)no1. The van der Waals surface area contributed by atoms with Crippen molar-refractivity contribution in [2.45, 2.75) is 33.1 Å². The summed E-state index contributed by atoms with van der Waals surface area (Å²) in [5.41, 5.74) is 0.341. The molecule has 124 valence electrons. The lowest BCUT2D eigenvalue weighted by Gasteiger charge is -2.12. The van der Waals surface area contributed by atoms with E-state index in [-0.39, 0.29) is 13.1 Å². The number of hydrogen-bond donors (Lipinski definition) is 2. The largest absolute Gasteiger partial charge is 0.416 e. The molecule has 0 aliphatic heterocycles. The van der Waals surface area contributed by atoms with E-state index in [4.69, 9.17) is 4.52 Å². The van der Waals surface area contributed by atoms with Crippen LogP contribution in [0.3, 0.4) is 0 Å². The Hall–Kier alpha value is -2.58. The van der Waals surface area contributed by atoms with Crippen LogP contribution < -0.4 is 10.6 Å². The number of carbonyl (C=O) groups is 1. The van der Waals surface area contributed by atoms with Crippen molar-refractivity contribution in [1.82, 2.24) is 20.8 Å². The van der Waals surface area contributed by atoms with Gasteiger partial charge in [-0.1, -0.05) is 11.2 Å². The second-order valence-corrected chi connectivity index (χ2v) is 4.90. The van der Waals surface area contributed by atoms with Gasteiger partial charge in [-0.05, 0) is 30.2 Å². The number of halogens is 3. The summed E-state index contributed by atoms with van der Waals surface area (Å²) in [6.45, 7) is 3.40. The quantitative estimate of drug-likeness (QED) is 0.904. The molecule has 1 aromatic carbocycles. The van der Waals surface area contributed by atoms with Crippen molar-refractivity contribution in [2.24, 2.45) is 0 Å². The third-order valence-corrected chi connectivity index (χ3v) is 3.09. The summed E-state index contributed by atoms with van der Waals surface area (Å²) in [5.74, 6) is 0.728. The molecule has 6 nitrogen and oxygen atoms in total. The minimum atomic E-state index is -4.38. The smallest absolute Gasteiger partial charge is 0.340 e. The van der Waals surface area contributed by atoms with E-state index in [0.717, 1.165) is 12.1 Å². The highest BCUT2D eigenvalue weighted by atomic mass is 19.4. The highest BCUT2D eigenvalue weighted by Gasteiger charge is 2.30. The molecule has 1 aromatic heterocycles. The van der Waals surface area contributed by atoms with Crippen LogP contribution >= 0.6 is 0 Å². The molecule has 0 atom stereocenters. The van der Waals surface area contributed by atoms with Gasteiger partial charge >= 0.3 is 12.2 Å². The molecule has 2 rings (SSSR count). The molecule has 0 aliphatic carbocycles. The first kappa shape index (κ1) is 16.8. The summed E-state index contributed by atoms with van der Waals surface area (Å²) in [7, 11) is 0. The molecule has 0 saturated heterocycles. The molecule has 0 unspecified atom stereocenters. The van der Waals surface area contributed by atoms with Crippen molar-refractivity contribution in [3.63, 3.8) is 0 Å². The number of nitrogens with one attached hydrogen (secondary N) is 2. The minimum absolute atomic E-state index is 0.0924. The minimum Gasteiger partial charge on any atom is -0.340 e. The number of aryl methyl sites for hydroxylation is 2. The zero-order valence-corrected chi connectivity index (χ0v) is 12.5. The van der Waals surface area contributed by atoms with E-state index in [0.29, 0.717) is 22.8 Å². The summed E-state index contributed by atoms with van der Waals surface area (Å²) in [6, 6.07) is 2.91. The molecule has 0 radical (unpaired) electrons. The van der Waals surface area contributed by atoms with Crippen molar-refractivity contribution >= 4 is 6.03 Å². The van der Waals surface area contributed by atoms with E-state index in [1.54, 1.807) is 13.8 Å². The maximum absolute atomic E-state index is 12.6. The molecular formula is C14H15F3N4O2. The lowest BCUT2D eigenvalue weighted by molar-refractivity contribution is -0.137. The highest BCUT2D eigenvalue weighted by Crippen LogP contribution is 2.30. The molecule has 0 fully saturated rings. The van der Waals surface area contributed by atoms with E-state index < -0.39 is 17.8 Å². The van der Waals surface area contributed by atoms with Crippen LogP contribution in [-0.2, 0) is 19.3 Å². The number of rotatable bonds is 4. The second-order valence-electron chi connectivity index (χ2n) is 4.90. The van der Waals surface area contributed by atoms with Gasteiger partial charge in [-0.15, -0.1) is 0 Å². The third kappa shape index (κ3) is 4.70. The predicted molar refractivity (Wildman–Crippen MR) is 74.3 cm³/mol. The molecule has 2 N–H and O–H groups in total. The fourth-order valence-electron chi connectivity index (χ4n) is 1.88. The fourth-order valence-corrected chi connectivity index (χ4v) is 1.88. The van der Waals surface area contributed by atoms with Crippen molar-refractivity contribution in [1.29, 1.82) is 0 Å². The molecule has 23 heavy (non-hydrogen) atoms. The number of nitrogens with zero attached hydrogens (tertiary/aromatic N) is 2. The maximum Gasteiger partial charge on any atom is 0.416 e. The normalized spacial score (nSPS) is 11.3. The van der Waals surface area contributed by atoms with Crippen molar-refractivity contribution < 1.29 is 22.5 Å². The Bertz CT molecular complexity index is 698. The van der Waals surface area contributed by atoms with Gasteiger partial charge in [-0.2, -0.15) is 18.2 Å². The Labute approximate surface area is 130 Å². The van der Waals surface area contributed by atoms with Gasteiger partial charge in [0.2, 0.25) is 5.89 Å². The first-order valence-corrected chi connectivity index (χ1v) is 6.73. The van der Waals surface area contributed by atoms with Crippen molar-refractivity contribution in [3.05, 3.63) is 46.6 Å². The zero-order chi connectivity index (χ0) is 17.0. The Morgan fingerprint density at radius 2 is 1.91 bits per heavy atom. The summed E-state index contributed by atoms with van der Waals surface area (Å²) >= 11 is 0. The van der Waals surface area contributed by atoms with E-state index in [1.165, 1.54) is 6.07 Å². The Morgan fingerprint density at radius 1 is 1.22 bits per heavy atom. The predicted octanol–water partition coefficient (Wildman–Crippen LogP) is 2.70. The standard InChI is InChI=1S/C14H15F3N4O2/c1-8-5-11(14(15,16)17)4-3-10(8)6-18-13(22)19-7-12-20-9(2)23-21-12/h3-5H,6-7H2,1-2H3,(H2,18,19,22). The number of aromatic nitrogens is 2. The highest BCUT2D eigenvalue weighted by molar-refractivity contribution is 5.73. The molecule has 9 heteroatoms. The fraction of sp³-hybridized carbons (Fsp3) is 0.357. The summed E-state index contributed by atoms with van der Waals surface area (Å²) < 4.78 is 42.5. The molecule has 0 spiro atoms. The van der Waals surface area contributed by atoms with Crippen LogP contribution in [0.2, 0.25) is 0 Å². The maximum atomic E-state index is 12.6. The first-order chi connectivity index (χ1) is 10.8. The van der Waals surface area contributed by atoms with Crippen LogP contribution in [0.4, 0.5) is 18.0 Å². The number of carbonyl (C=O) groups excluding carboxylic acids is 1. The molecule has 0 aliphatic rings. The monoisotopic (exact) mass is 328 g/mol. The second kappa shape index (κ2) is 6.67. The van der Waals surface area contributed by atoms with Crippen LogP contribution in [0, 0.1) is 13.8 Å². The van der Waals surface area contributed by atoms with Crippen LogP contribution in [0.1, 0.15) is 28.4 Å². The summed E-state index contributed by atoms with van der Waals surface area (Å²) in [4.78, 5) is 15.6. The van der Waals surface area contributed by atoms with E-state index >= 15 is 0 Å². The average molecular weight is 328 g/mol. The van der Waals surface area contributed by atoms with Crippen LogP contribution in [-0.4, -0.2) is 16.2 Å². The topological polar surface area (TPSA) is 80.0 Å². The molecule has 2 amide bonds. The molecule has 1 heterocycles. The molecule has 2 aromatic rings. The van der Waals surface area contributed by atoms with Gasteiger partial charge in [0.05, 0.1) is 12.1 Å². The van der Waals surface area contributed by atoms with Gasteiger partial charge < -0.3 is 15.2 Å². The van der Waals surface area contributed by atoms with Gasteiger partial charge in [0.1, 0.15) is 0 Å². The number of alkyl halides is 3. The number of amides is 2. The first-order valence-electron chi connectivity index (χ1n) is 6.73. The van der Waals surface area contributed by atoms with E-state index in [9.17, 15) is 18.0 Å². The van der Waals surface area contributed by atoms with Crippen molar-refractivity contribution in [2.75, 3.05) is 0 Å². The average Bonchev–Trinajstić information content (AvgIpc) is 2.88. The van der Waals surface area contributed by atoms with Gasteiger partial charge in [-0.3, -0.25) is 0 Å². The molecular weight excluding hydrogens is 313 g/mol. The van der Waals surface area contributed by atoms with E-state index in [1.807, 2.05) is 0 Å². The van der Waals surface area contributed by atoms with Crippen LogP contribution in [0.15, 0.2) is 22.7 Å². The van der Waals surface area contributed by atoms with Crippen LogP contribution in [0.5, 0.6) is 0 Å². The van der Waals surface area contributed by atoms with Gasteiger partial charge in [-0.25, -0.2) is 4.79 Å². The van der Waals surface area contributed by atoms with Crippen LogP contribution in [0.25, 0.3) is 0 Å². The number of benzene rings is 1. The Kier molecular flexibility index (Phi) is 4.87. The van der Waals surface area contributed by atoms with Gasteiger partial charge in [0.15, 0.2) is 5.82 Å². The zero-order valence-electron chi connectivity index (χ0n) is 12.5. The number of hydrogen-bond acceptors (Lipinski definition) is 4. The van der Waals surface area contributed by atoms with E-state index in [2.05, 4.69) is 20.8 Å². The Balaban J connectivity index is 1.86. The molecule has 0 saturated carbocycles. The third-order valence-electron chi connectivity index (χ3n) is 3.09. The van der Waals surface area contributed by atoms with Gasteiger partial charge in [0.25, 0.3) is 0 Å². The van der Waals surface area contributed by atoms with Crippen molar-refractivity contribution in [3.8, 4) is 0 Å². The Morgan fingerprint density at radius 3 is 2.48 bits per heavy atom. The van der Waals surface area contributed by atoms with Gasteiger partial charge in [0, 0.05) is 13.5 Å². The molecule has 0 bridgehead atoms.